The number of carboxylic acid groups (broad SMARTS) is 1. The zero-order valence-corrected chi connectivity index (χ0v) is 11.6. The van der Waals surface area contributed by atoms with Crippen molar-refractivity contribution in [1.82, 2.24) is 9.38 Å². The molecule has 0 unspecified atom stereocenters. The van der Waals surface area contributed by atoms with Gasteiger partial charge in [0, 0.05) is 6.20 Å². The van der Waals surface area contributed by atoms with E-state index in [4.69, 9.17) is 5.11 Å². The van der Waals surface area contributed by atoms with Crippen molar-refractivity contribution in [3.05, 3.63) is 59.7 Å². The molecule has 0 fully saturated rings. The summed E-state index contributed by atoms with van der Waals surface area (Å²) in [5, 5.41) is 17.2. The molecule has 0 saturated carbocycles. The number of nitrogens with zero attached hydrogens (tertiary/aromatic N) is 4. The van der Waals surface area contributed by atoms with Crippen LogP contribution in [0.15, 0.2) is 52.8 Å². The van der Waals surface area contributed by atoms with Gasteiger partial charge in [0.05, 0.1) is 16.9 Å². The van der Waals surface area contributed by atoms with E-state index in [1.165, 1.54) is 36.5 Å². The smallest absolute Gasteiger partial charge is 0.337 e. The third-order valence-corrected chi connectivity index (χ3v) is 3.09. The number of hydrogen-bond donors (Lipinski definition) is 1. The normalized spacial score (nSPS) is 11.4. The Morgan fingerprint density at radius 1 is 1.18 bits per heavy atom. The highest BCUT2D eigenvalue weighted by Crippen LogP contribution is 2.24. The molecule has 2 heterocycles. The molecule has 2 aromatic heterocycles. The van der Waals surface area contributed by atoms with Gasteiger partial charge in [0.1, 0.15) is 11.5 Å². The molecule has 1 N–H and O–H groups in total. The molecule has 6 nitrogen and oxygen atoms in total. The van der Waals surface area contributed by atoms with Crippen molar-refractivity contribution in [2.24, 2.45) is 10.2 Å². The number of aromatic carboxylic acids is 1. The quantitative estimate of drug-likeness (QED) is 0.745. The number of aromatic nitrogens is 2. The van der Waals surface area contributed by atoms with Crippen LogP contribution in [0.4, 0.5) is 15.9 Å². The van der Waals surface area contributed by atoms with Crippen molar-refractivity contribution >= 4 is 23.1 Å². The molecule has 3 rings (SSSR count). The third-order valence-electron chi connectivity index (χ3n) is 3.09. The van der Waals surface area contributed by atoms with Gasteiger partial charge < -0.3 is 5.11 Å². The molecule has 0 radical (unpaired) electrons. The Labute approximate surface area is 124 Å². The molecule has 0 spiro atoms. The number of pyridine rings is 1. The van der Waals surface area contributed by atoms with Gasteiger partial charge in [0.15, 0.2) is 5.82 Å². The molecule has 0 atom stereocenters. The molecular formula is C15H11FN4O2. The Morgan fingerprint density at radius 2 is 1.91 bits per heavy atom. The molecule has 0 bridgehead atoms. The average molecular weight is 298 g/mol. The van der Waals surface area contributed by atoms with Crippen LogP contribution in [0.2, 0.25) is 0 Å². The first-order valence-electron chi connectivity index (χ1n) is 6.44. The maximum Gasteiger partial charge on any atom is 0.337 e. The van der Waals surface area contributed by atoms with Gasteiger partial charge >= 0.3 is 5.97 Å². The number of benzene rings is 1. The molecule has 0 saturated heterocycles. The Morgan fingerprint density at radius 3 is 2.59 bits per heavy atom. The first-order chi connectivity index (χ1) is 10.5. The summed E-state index contributed by atoms with van der Waals surface area (Å²) in [5.74, 6) is -0.951. The van der Waals surface area contributed by atoms with Crippen LogP contribution in [0.25, 0.3) is 5.65 Å². The van der Waals surface area contributed by atoms with Crippen molar-refractivity contribution in [1.29, 1.82) is 0 Å². The summed E-state index contributed by atoms with van der Waals surface area (Å²) >= 11 is 0. The van der Waals surface area contributed by atoms with Crippen LogP contribution in [-0.2, 0) is 0 Å². The maximum atomic E-state index is 12.9. The Kier molecular flexibility index (Phi) is 3.38. The molecule has 0 aliphatic carbocycles. The summed E-state index contributed by atoms with van der Waals surface area (Å²) < 4.78 is 14.4. The van der Waals surface area contributed by atoms with E-state index in [0.717, 1.165) is 0 Å². The third kappa shape index (κ3) is 2.56. The minimum Gasteiger partial charge on any atom is -0.478 e. The van der Waals surface area contributed by atoms with Gasteiger partial charge in [0.2, 0.25) is 0 Å². The molecular weight excluding hydrogens is 287 g/mol. The molecule has 0 amide bonds. The minimum absolute atomic E-state index is 0.128. The highest BCUT2D eigenvalue weighted by molar-refractivity contribution is 5.87. The second kappa shape index (κ2) is 5.36. The summed E-state index contributed by atoms with van der Waals surface area (Å²) in [7, 11) is 0. The standard InChI is InChI=1S/C15H11FN4O2/c1-9-14(19-18-12-5-3-11(16)4-6-12)20-8-10(15(21)22)2-7-13(20)17-9/h2-8H,1H3,(H,21,22). The largest absolute Gasteiger partial charge is 0.478 e. The van der Waals surface area contributed by atoms with E-state index in [1.807, 2.05) is 0 Å². The summed E-state index contributed by atoms with van der Waals surface area (Å²) in [5.41, 5.74) is 1.82. The van der Waals surface area contributed by atoms with Crippen molar-refractivity contribution in [2.45, 2.75) is 6.92 Å². The number of halogens is 1. The summed E-state index contributed by atoms with van der Waals surface area (Å²) in [6, 6.07) is 8.66. The number of aryl methyl sites for hydroxylation is 1. The highest BCUT2D eigenvalue weighted by Gasteiger charge is 2.11. The first kappa shape index (κ1) is 13.9. The van der Waals surface area contributed by atoms with Crippen molar-refractivity contribution in [3.63, 3.8) is 0 Å². The maximum absolute atomic E-state index is 12.9. The van der Waals surface area contributed by atoms with Crippen LogP contribution in [-0.4, -0.2) is 20.5 Å². The van der Waals surface area contributed by atoms with Gasteiger partial charge in [-0.25, -0.2) is 14.2 Å². The summed E-state index contributed by atoms with van der Waals surface area (Å²) in [4.78, 5) is 15.3. The van der Waals surface area contributed by atoms with Crippen molar-refractivity contribution in [2.75, 3.05) is 0 Å². The molecule has 0 aliphatic heterocycles. The fraction of sp³-hybridized carbons (Fsp3) is 0.0667. The number of carboxylic acids is 1. The predicted molar refractivity (Wildman–Crippen MR) is 77.5 cm³/mol. The van der Waals surface area contributed by atoms with E-state index in [9.17, 15) is 9.18 Å². The van der Waals surface area contributed by atoms with Crippen molar-refractivity contribution in [3.8, 4) is 0 Å². The van der Waals surface area contributed by atoms with E-state index in [2.05, 4.69) is 15.2 Å². The number of fused-ring (bicyclic) bond motifs is 1. The zero-order valence-electron chi connectivity index (χ0n) is 11.6. The second-order valence-electron chi connectivity index (χ2n) is 4.65. The fourth-order valence-corrected chi connectivity index (χ4v) is 2.01. The van der Waals surface area contributed by atoms with Gasteiger partial charge in [0.25, 0.3) is 0 Å². The van der Waals surface area contributed by atoms with Crippen LogP contribution in [0.1, 0.15) is 16.1 Å². The van der Waals surface area contributed by atoms with E-state index < -0.39 is 5.97 Å². The van der Waals surface area contributed by atoms with Gasteiger partial charge in [-0.3, -0.25) is 4.40 Å². The van der Waals surface area contributed by atoms with E-state index in [0.29, 0.717) is 22.8 Å². The minimum atomic E-state index is -1.03. The Hall–Kier alpha value is -3.09. The van der Waals surface area contributed by atoms with Crippen LogP contribution < -0.4 is 0 Å². The number of rotatable bonds is 3. The molecule has 110 valence electrons. The topological polar surface area (TPSA) is 79.3 Å². The lowest BCUT2D eigenvalue weighted by molar-refractivity contribution is 0.0696. The van der Waals surface area contributed by atoms with Gasteiger partial charge in [-0.1, -0.05) is 0 Å². The van der Waals surface area contributed by atoms with E-state index in [-0.39, 0.29) is 11.4 Å². The molecule has 1 aromatic carbocycles. The van der Waals surface area contributed by atoms with Gasteiger partial charge in [-0.15, -0.1) is 10.2 Å². The number of azo groups is 1. The summed E-state index contributed by atoms with van der Waals surface area (Å²) in [6.45, 7) is 1.76. The molecule has 3 aromatic rings. The lowest BCUT2D eigenvalue weighted by Crippen LogP contribution is -1.98. The molecule has 7 heteroatoms. The first-order valence-corrected chi connectivity index (χ1v) is 6.44. The average Bonchev–Trinajstić information content (AvgIpc) is 2.81. The number of carbonyl (C=O) groups is 1. The van der Waals surface area contributed by atoms with E-state index in [1.54, 1.807) is 17.4 Å². The second-order valence-corrected chi connectivity index (χ2v) is 4.65. The highest BCUT2D eigenvalue weighted by atomic mass is 19.1. The summed E-state index contributed by atoms with van der Waals surface area (Å²) in [6.07, 6.45) is 1.44. The molecule has 0 aliphatic rings. The SMILES string of the molecule is Cc1nc2ccc(C(=O)O)cn2c1N=Nc1ccc(F)cc1. The zero-order chi connectivity index (χ0) is 15.7. The Balaban J connectivity index is 2.05. The van der Waals surface area contributed by atoms with Crippen LogP contribution in [0.3, 0.4) is 0 Å². The van der Waals surface area contributed by atoms with Gasteiger partial charge in [-0.2, -0.15) is 0 Å². The predicted octanol–water partition coefficient (Wildman–Crippen LogP) is 3.90. The van der Waals surface area contributed by atoms with Crippen LogP contribution in [0.5, 0.6) is 0 Å². The monoisotopic (exact) mass is 298 g/mol. The van der Waals surface area contributed by atoms with Crippen LogP contribution >= 0.6 is 0 Å². The molecule has 22 heavy (non-hydrogen) atoms. The Bertz CT molecular complexity index is 884. The lowest BCUT2D eigenvalue weighted by atomic mass is 10.3. The number of hydrogen-bond acceptors (Lipinski definition) is 4. The van der Waals surface area contributed by atoms with Crippen molar-refractivity contribution < 1.29 is 14.3 Å². The number of imidazole rings is 1. The van der Waals surface area contributed by atoms with Crippen LogP contribution in [0, 0.1) is 12.7 Å². The van der Waals surface area contributed by atoms with E-state index >= 15 is 0 Å². The lowest BCUT2D eigenvalue weighted by Gasteiger charge is -1.99. The fourth-order valence-electron chi connectivity index (χ4n) is 2.01. The van der Waals surface area contributed by atoms with Gasteiger partial charge in [-0.05, 0) is 43.3 Å².